The van der Waals surface area contributed by atoms with Gasteiger partial charge in [0.15, 0.2) is 0 Å². The number of rotatable bonds is 16. The molecular weight excluding hydrogens is 596 g/mol. The fraction of sp³-hybridized carbons (Fsp3) is 0.632. The quantitative estimate of drug-likeness (QED) is 0.144. The summed E-state index contributed by atoms with van der Waals surface area (Å²) in [7, 11) is -1.88. The number of aliphatic hydroxyl groups excluding tert-OH is 1. The molecule has 0 amide bonds. The zero-order valence-corrected chi connectivity index (χ0v) is 29.1. The van der Waals surface area contributed by atoms with Crippen molar-refractivity contribution in [3.63, 3.8) is 0 Å². The molecule has 2 saturated carbocycles. The van der Waals surface area contributed by atoms with E-state index in [2.05, 4.69) is 62.7 Å². The molecule has 0 unspecified atom stereocenters. The Morgan fingerprint density at radius 1 is 1.02 bits per heavy atom. The molecule has 3 aliphatic carbocycles. The fourth-order valence-corrected chi connectivity index (χ4v) is 9.64. The highest BCUT2D eigenvalue weighted by Gasteiger charge is 2.63. The molecule has 0 saturated heterocycles. The standard InChI is InChI=1S/C38H56N2O5S/c1-5-7-23-40(4)24-11-9-8-10-12-25-44-30-15-13-28(14-16-30)33-27-37(3)34(19-20-35(37)41)38(6-2)22-21-29-26-31(45-46(39,42)43)17-18-32(29)36(33)38/h6,13-18,26,33-36,41H,2,5,7-12,19-25,27H2,1,3-4H3,(H2,39,42,43)/t33-,34-,35+,36+,37+,38+/m1/s1. The van der Waals surface area contributed by atoms with E-state index in [-0.39, 0.29) is 34.5 Å². The monoisotopic (exact) mass is 652 g/mol. The van der Waals surface area contributed by atoms with Gasteiger partial charge in [-0.1, -0.05) is 63.8 Å². The molecule has 0 aliphatic heterocycles. The smallest absolute Gasteiger partial charge is 0.380 e. The summed E-state index contributed by atoms with van der Waals surface area (Å²) in [6.45, 7) is 12.1. The van der Waals surface area contributed by atoms with Crippen LogP contribution < -0.4 is 14.1 Å². The Morgan fingerprint density at radius 3 is 2.43 bits per heavy atom. The van der Waals surface area contributed by atoms with E-state index in [1.165, 1.54) is 62.7 Å². The highest BCUT2D eigenvalue weighted by Crippen LogP contribution is 2.71. The minimum Gasteiger partial charge on any atom is -0.494 e. The third-order valence-electron chi connectivity index (χ3n) is 11.6. The molecule has 3 N–H and O–H groups in total. The van der Waals surface area contributed by atoms with Crippen molar-refractivity contribution in [1.82, 2.24) is 4.90 Å². The normalized spacial score (nSPS) is 28.7. The summed E-state index contributed by atoms with van der Waals surface area (Å²) in [5.74, 6) is 1.78. The van der Waals surface area contributed by atoms with Gasteiger partial charge in [0.1, 0.15) is 11.5 Å². The molecule has 2 fully saturated rings. The van der Waals surface area contributed by atoms with Crippen LogP contribution in [-0.4, -0.2) is 51.3 Å². The summed E-state index contributed by atoms with van der Waals surface area (Å²) in [6, 6.07) is 14.2. The van der Waals surface area contributed by atoms with Crippen LogP contribution in [0.15, 0.2) is 55.1 Å². The van der Waals surface area contributed by atoms with Gasteiger partial charge in [0.2, 0.25) is 0 Å². The van der Waals surface area contributed by atoms with Gasteiger partial charge in [-0.3, -0.25) is 0 Å². The predicted molar refractivity (Wildman–Crippen MR) is 185 cm³/mol. The molecule has 0 spiro atoms. The second-order valence-corrected chi connectivity index (χ2v) is 15.7. The van der Waals surface area contributed by atoms with Crippen molar-refractivity contribution >= 4 is 10.3 Å². The van der Waals surface area contributed by atoms with Gasteiger partial charge < -0.3 is 18.9 Å². The molecule has 7 nitrogen and oxygen atoms in total. The van der Waals surface area contributed by atoms with Crippen LogP contribution in [0, 0.1) is 16.7 Å². The minimum atomic E-state index is -4.10. The second kappa shape index (κ2) is 14.8. The summed E-state index contributed by atoms with van der Waals surface area (Å²) in [5, 5.41) is 16.5. The van der Waals surface area contributed by atoms with E-state index < -0.39 is 10.3 Å². The summed E-state index contributed by atoms with van der Waals surface area (Å²) in [6.07, 6.45) is 14.8. The highest BCUT2D eigenvalue weighted by atomic mass is 32.2. The van der Waals surface area contributed by atoms with E-state index in [0.717, 1.165) is 56.4 Å². The molecule has 2 aromatic rings. The summed E-state index contributed by atoms with van der Waals surface area (Å²) < 4.78 is 34.5. The molecule has 0 bridgehead atoms. The number of benzene rings is 2. The van der Waals surface area contributed by atoms with Gasteiger partial charge in [-0.15, -0.1) is 6.58 Å². The van der Waals surface area contributed by atoms with Gasteiger partial charge in [0.05, 0.1) is 12.7 Å². The lowest BCUT2D eigenvalue weighted by atomic mass is 9.44. The third-order valence-corrected chi connectivity index (χ3v) is 12.0. The van der Waals surface area contributed by atoms with Gasteiger partial charge in [0.25, 0.3) is 0 Å². The van der Waals surface area contributed by atoms with E-state index in [4.69, 9.17) is 14.1 Å². The maximum atomic E-state index is 11.6. The van der Waals surface area contributed by atoms with Gasteiger partial charge in [-0.25, -0.2) is 0 Å². The van der Waals surface area contributed by atoms with Crippen molar-refractivity contribution in [3.05, 3.63) is 71.8 Å². The lowest BCUT2D eigenvalue weighted by molar-refractivity contribution is -0.0630. The van der Waals surface area contributed by atoms with Crippen LogP contribution in [0.3, 0.4) is 0 Å². The molecule has 6 atom stereocenters. The maximum absolute atomic E-state index is 11.6. The first kappa shape index (κ1) is 34.9. The lowest BCUT2D eigenvalue weighted by Crippen LogP contribution is -2.53. The number of allylic oxidation sites excluding steroid dienone is 1. The van der Waals surface area contributed by atoms with E-state index in [0.29, 0.717) is 5.92 Å². The van der Waals surface area contributed by atoms with E-state index >= 15 is 0 Å². The Balaban J connectivity index is 1.28. The molecule has 0 heterocycles. The number of unbranched alkanes of at least 4 members (excludes halogenated alkanes) is 5. The number of hydrogen-bond acceptors (Lipinski definition) is 6. The van der Waals surface area contributed by atoms with Crippen molar-refractivity contribution in [3.8, 4) is 11.5 Å². The van der Waals surface area contributed by atoms with Crippen LogP contribution in [0.5, 0.6) is 11.5 Å². The van der Waals surface area contributed by atoms with E-state index in [1.54, 1.807) is 6.07 Å². The average Bonchev–Trinajstić information content (AvgIpc) is 3.34. The van der Waals surface area contributed by atoms with Gasteiger partial charge in [0, 0.05) is 5.92 Å². The summed E-state index contributed by atoms with van der Waals surface area (Å²) in [5.41, 5.74) is 3.17. The van der Waals surface area contributed by atoms with E-state index in [9.17, 15) is 13.5 Å². The zero-order chi connectivity index (χ0) is 33.0. The van der Waals surface area contributed by atoms with Crippen LogP contribution in [0.2, 0.25) is 0 Å². The topological polar surface area (TPSA) is 102 Å². The largest absolute Gasteiger partial charge is 0.494 e. The maximum Gasteiger partial charge on any atom is 0.380 e. The van der Waals surface area contributed by atoms with Crippen LogP contribution in [-0.2, 0) is 16.7 Å². The predicted octanol–water partition coefficient (Wildman–Crippen LogP) is 7.50. The molecule has 0 aromatic heterocycles. The van der Waals surface area contributed by atoms with Gasteiger partial charge in [-0.2, -0.15) is 13.6 Å². The Hall–Kier alpha value is -2.39. The molecule has 2 aromatic carbocycles. The molecule has 8 heteroatoms. The number of aryl methyl sites for hydroxylation is 1. The van der Waals surface area contributed by atoms with Crippen molar-refractivity contribution < 1.29 is 22.4 Å². The Labute approximate surface area is 277 Å². The fourth-order valence-electron chi connectivity index (χ4n) is 9.27. The first-order chi connectivity index (χ1) is 22.0. The lowest BCUT2D eigenvalue weighted by Gasteiger charge is -2.60. The molecule has 0 radical (unpaired) electrons. The summed E-state index contributed by atoms with van der Waals surface area (Å²) >= 11 is 0. The van der Waals surface area contributed by atoms with Crippen molar-refractivity contribution in [2.75, 3.05) is 26.7 Å². The minimum absolute atomic E-state index is 0.152. The Kier molecular flexibility index (Phi) is 11.2. The molecule has 3 aliphatic rings. The number of nitrogens with zero attached hydrogens (tertiary/aromatic N) is 1. The SMILES string of the molecule is C=C[C@@]12CCc3cc(OS(N)(=O)=O)ccc3[C@H]1[C@@H](c1ccc(OCCCCCCCN(C)CCCC)cc1)C[C@@]1(C)[C@H]2CC[C@@H]1O. The molecule has 254 valence electrons. The zero-order valence-electron chi connectivity index (χ0n) is 28.3. The third kappa shape index (κ3) is 7.51. The van der Waals surface area contributed by atoms with Crippen LogP contribution in [0.1, 0.15) is 113 Å². The summed E-state index contributed by atoms with van der Waals surface area (Å²) in [4.78, 5) is 2.45. The Morgan fingerprint density at radius 2 is 1.72 bits per heavy atom. The number of aliphatic hydroxyl groups is 1. The van der Waals surface area contributed by atoms with Crippen molar-refractivity contribution in [2.45, 2.75) is 109 Å². The number of ether oxygens (including phenoxy) is 1. The molecule has 46 heavy (non-hydrogen) atoms. The van der Waals surface area contributed by atoms with Crippen LogP contribution >= 0.6 is 0 Å². The molecule has 5 rings (SSSR count). The number of nitrogens with two attached hydrogens (primary N) is 1. The highest BCUT2D eigenvalue weighted by molar-refractivity contribution is 7.84. The number of fused-ring (bicyclic) bond motifs is 5. The van der Waals surface area contributed by atoms with Gasteiger partial charge >= 0.3 is 10.3 Å². The van der Waals surface area contributed by atoms with Crippen LogP contribution in [0.4, 0.5) is 0 Å². The van der Waals surface area contributed by atoms with Crippen LogP contribution in [0.25, 0.3) is 0 Å². The average molecular weight is 653 g/mol. The first-order valence-corrected chi connectivity index (χ1v) is 19.1. The van der Waals surface area contributed by atoms with Gasteiger partial charge in [-0.05, 0) is 135 Å². The second-order valence-electron chi connectivity index (χ2n) is 14.5. The molecular formula is C38H56N2O5S. The number of hydrogen-bond donors (Lipinski definition) is 2. The first-order valence-electron chi connectivity index (χ1n) is 17.6. The Bertz CT molecular complexity index is 1430. The van der Waals surface area contributed by atoms with E-state index in [1.807, 2.05) is 12.1 Å². The van der Waals surface area contributed by atoms with Crippen molar-refractivity contribution in [1.29, 1.82) is 0 Å². The van der Waals surface area contributed by atoms with Crippen molar-refractivity contribution in [2.24, 2.45) is 21.9 Å².